The number of hydrogen-bond donors (Lipinski definition) is 1. The summed E-state index contributed by atoms with van der Waals surface area (Å²) >= 11 is 2.05. The highest BCUT2D eigenvalue weighted by atomic mass is 32.2. The third-order valence-corrected chi connectivity index (χ3v) is 3.98. The smallest absolute Gasteiger partial charge is 0.0331 e. The lowest BCUT2D eigenvalue weighted by atomic mass is 9.97. The van der Waals surface area contributed by atoms with Crippen molar-refractivity contribution in [3.8, 4) is 0 Å². The summed E-state index contributed by atoms with van der Waals surface area (Å²) in [6, 6.07) is 7.45. The van der Waals surface area contributed by atoms with E-state index in [1.165, 1.54) is 34.6 Å². The standard InChI is InChI=1S/C13H19NS/c1-3-14-13-6-7-15-9-11-5-4-10(2)8-12(11)13/h4-5,8,13-14H,3,6-7,9H2,1-2H3. The summed E-state index contributed by atoms with van der Waals surface area (Å²) in [5.74, 6) is 2.45. The number of thioether (sulfide) groups is 1. The molecule has 0 amide bonds. The van der Waals surface area contributed by atoms with Gasteiger partial charge in [-0.15, -0.1) is 0 Å². The van der Waals surface area contributed by atoms with Gasteiger partial charge in [0.05, 0.1) is 0 Å². The van der Waals surface area contributed by atoms with Crippen molar-refractivity contribution < 1.29 is 0 Å². The molecule has 1 unspecified atom stereocenters. The summed E-state index contributed by atoms with van der Waals surface area (Å²) in [6.45, 7) is 5.43. The molecular weight excluding hydrogens is 202 g/mol. The predicted octanol–water partition coefficient (Wildman–Crippen LogP) is 3.28. The first-order valence-electron chi connectivity index (χ1n) is 5.72. The lowest BCUT2D eigenvalue weighted by Crippen LogP contribution is -2.21. The quantitative estimate of drug-likeness (QED) is 0.822. The third-order valence-electron chi connectivity index (χ3n) is 2.94. The van der Waals surface area contributed by atoms with Crippen molar-refractivity contribution in [2.45, 2.75) is 32.1 Å². The number of fused-ring (bicyclic) bond motifs is 1. The minimum absolute atomic E-state index is 0.569. The molecule has 2 heteroatoms. The second-order valence-corrected chi connectivity index (χ2v) is 5.26. The van der Waals surface area contributed by atoms with Gasteiger partial charge in [0.1, 0.15) is 0 Å². The van der Waals surface area contributed by atoms with Gasteiger partial charge >= 0.3 is 0 Å². The molecule has 1 aromatic carbocycles. The van der Waals surface area contributed by atoms with Crippen LogP contribution in [0.4, 0.5) is 0 Å². The molecule has 1 N–H and O–H groups in total. The van der Waals surface area contributed by atoms with E-state index in [4.69, 9.17) is 0 Å². The Morgan fingerprint density at radius 1 is 1.47 bits per heavy atom. The normalized spacial score (nSPS) is 20.8. The van der Waals surface area contributed by atoms with Gasteiger partial charge in [-0.05, 0) is 36.8 Å². The van der Waals surface area contributed by atoms with Crippen molar-refractivity contribution >= 4 is 11.8 Å². The number of benzene rings is 1. The van der Waals surface area contributed by atoms with Gasteiger partial charge in [0, 0.05) is 11.8 Å². The summed E-state index contributed by atoms with van der Waals surface area (Å²) in [4.78, 5) is 0. The Balaban J connectivity index is 2.33. The Morgan fingerprint density at radius 2 is 2.33 bits per heavy atom. The maximum absolute atomic E-state index is 3.59. The monoisotopic (exact) mass is 221 g/mol. The number of aryl methyl sites for hydroxylation is 1. The Kier molecular flexibility index (Phi) is 3.71. The molecule has 2 rings (SSSR count). The molecule has 82 valence electrons. The van der Waals surface area contributed by atoms with E-state index >= 15 is 0 Å². The van der Waals surface area contributed by atoms with Crippen LogP contribution in [0.2, 0.25) is 0 Å². The van der Waals surface area contributed by atoms with Gasteiger partial charge in [-0.3, -0.25) is 0 Å². The van der Waals surface area contributed by atoms with Crippen molar-refractivity contribution in [1.29, 1.82) is 0 Å². The molecule has 0 aliphatic carbocycles. The zero-order chi connectivity index (χ0) is 10.7. The lowest BCUT2D eigenvalue weighted by Gasteiger charge is -2.18. The van der Waals surface area contributed by atoms with Crippen LogP contribution in [0.25, 0.3) is 0 Å². The van der Waals surface area contributed by atoms with Gasteiger partial charge in [0.2, 0.25) is 0 Å². The average Bonchev–Trinajstić information content (AvgIpc) is 2.42. The number of rotatable bonds is 2. The van der Waals surface area contributed by atoms with Gasteiger partial charge < -0.3 is 5.32 Å². The van der Waals surface area contributed by atoms with E-state index in [0.29, 0.717) is 6.04 Å². The van der Waals surface area contributed by atoms with Crippen LogP contribution in [0.5, 0.6) is 0 Å². The van der Waals surface area contributed by atoms with Crippen molar-refractivity contribution in [1.82, 2.24) is 5.32 Å². The minimum Gasteiger partial charge on any atom is -0.310 e. The summed E-state index contributed by atoms with van der Waals surface area (Å²) in [5.41, 5.74) is 4.43. The molecule has 1 heterocycles. The predicted molar refractivity (Wildman–Crippen MR) is 68.4 cm³/mol. The second-order valence-electron chi connectivity index (χ2n) is 4.15. The molecule has 1 atom stereocenters. The largest absolute Gasteiger partial charge is 0.310 e. The molecule has 0 radical (unpaired) electrons. The molecule has 0 fully saturated rings. The van der Waals surface area contributed by atoms with Crippen LogP contribution < -0.4 is 5.32 Å². The first-order valence-corrected chi connectivity index (χ1v) is 6.87. The molecule has 15 heavy (non-hydrogen) atoms. The highest BCUT2D eigenvalue weighted by Gasteiger charge is 2.17. The van der Waals surface area contributed by atoms with E-state index in [1.54, 1.807) is 0 Å². The fourth-order valence-corrected chi connectivity index (χ4v) is 3.20. The summed E-state index contributed by atoms with van der Waals surface area (Å²) in [7, 11) is 0. The van der Waals surface area contributed by atoms with Crippen molar-refractivity contribution in [2.24, 2.45) is 0 Å². The van der Waals surface area contributed by atoms with Crippen LogP contribution in [0.1, 0.15) is 36.1 Å². The van der Waals surface area contributed by atoms with Gasteiger partial charge in [0.15, 0.2) is 0 Å². The zero-order valence-electron chi connectivity index (χ0n) is 9.55. The maximum Gasteiger partial charge on any atom is 0.0331 e. The van der Waals surface area contributed by atoms with E-state index in [0.717, 1.165) is 6.54 Å². The Hall–Kier alpha value is -0.470. The SMILES string of the molecule is CCNC1CCSCc2ccc(C)cc21. The maximum atomic E-state index is 3.59. The van der Waals surface area contributed by atoms with E-state index < -0.39 is 0 Å². The highest BCUT2D eigenvalue weighted by molar-refractivity contribution is 7.98. The molecule has 1 aromatic rings. The molecule has 0 saturated carbocycles. The van der Waals surface area contributed by atoms with Gasteiger partial charge in [-0.25, -0.2) is 0 Å². The van der Waals surface area contributed by atoms with Gasteiger partial charge in [-0.2, -0.15) is 11.8 Å². The summed E-state index contributed by atoms with van der Waals surface area (Å²) < 4.78 is 0. The Labute approximate surface area is 96.7 Å². The van der Waals surface area contributed by atoms with Crippen LogP contribution in [-0.4, -0.2) is 12.3 Å². The Bertz CT molecular complexity index is 335. The van der Waals surface area contributed by atoms with Gasteiger partial charge in [-0.1, -0.05) is 30.7 Å². The van der Waals surface area contributed by atoms with Crippen molar-refractivity contribution in [3.05, 3.63) is 34.9 Å². The zero-order valence-corrected chi connectivity index (χ0v) is 10.4. The molecule has 1 aliphatic rings. The lowest BCUT2D eigenvalue weighted by molar-refractivity contribution is 0.540. The summed E-state index contributed by atoms with van der Waals surface area (Å²) in [6.07, 6.45) is 1.26. The molecule has 0 saturated heterocycles. The number of hydrogen-bond acceptors (Lipinski definition) is 2. The topological polar surface area (TPSA) is 12.0 Å². The van der Waals surface area contributed by atoms with Crippen LogP contribution in [0, 0.1) is 6.92 Å². The second kappa shape index (κ2) is 5.04. The minimum atomic E-state index is 0.569. The fourth-order valence-electron chi connectivity index (χ4n) is 2.17. The van der Waals surface area contributed by atoms with E-state index in [1.807, 2.05) is 0 Å². The van der Waals surface area contributed by atoms with Crippen LogP contribution in [0.15, 0.2) is 18.2 Å². The van der Waals surface area contributed by atoms with Crippen LogP contribution in [0.3, 0.4) is 0 Å². The van der Waals surface area contributed by atoms with E-state index in [-0.39, 0.29) is 0 Å². The van der Waals surface area contributed by atoms with Crippen molar-refractivity contribution in [3.63, 3.8) is 0 Å². The molecule has 1 nitrogen and oxygen atoms in total. The fraction of sp³-hybridized carbons (Fsp3) is 0.538. The molecular formula is C13H19NS. The molecule has 0 bridgehead atoms. The number of nitrogens with one attached hydrogen (secondary N) is 1. The van der Waals surface area contributed by atoms with Crippen molar-refractivity contribution in [2.75, 3.05) is 12.3 Å². The molecule has 1 aliphatic heterocycles. The molecule has 0 spiro atoms. The van der Waals surface area contributed by atoms with Crippen LogP contribution >= 0.6 is 11.8 Å². The first kappa shape index (κ1) is 11.0. The molecule has 0 aromatic heterocycles. The average molecular weight is 221 g/mol. The van der Waals surface area contributed by atoms with Gasteiger partial charge in [0.25, 0.3) is 0 Å². The van der Waals surface area contributed by atoms with Crippen LogP contribution in [-0.2, 0) is 5.75 Å². The van der Waals surface area contributed by atoms with E-state index in [9.17, 15) is 0 Å². The van der Waals surface area contributed by atoms with E-state index in [2.05, 4.69) is 49.1 Å². The highest BCUT2D eigenvalue weighted by Crippen LogP contribution is 2.31. The Morgan fingerprint density at radius 3 is 3.13 bits per heavy atom. The first-order chi connectivity index (χ1) is 7.31. The third kappa shape index (κ3) is 2.56. The summed E-state index contributed by atoms with van der Waals surface area (Å²) in [5, 5.41) is 3.59.